The minimum Gasteiger partial charge on any atom is -0.391 e. The Kier molecular flexibility index (Phi) is 6.72. The van der Waals surface area contributed by atoms with Gasteiger partial charge in [-0.15, -0.1) is 0 Å². The van der Waals surface area contributed by atoms with E-state index in [2.05, 4.69) is 10.2 Å². The van der Waals surface area contributed by atoms with Crippen molar-refractivity contribution in [2.75, 3.05) is 13.1 Å². The van der Waals surface area contributed by atoms with Gasteiger partial charge in [-0.25, -0.2) is 5.48 Å². The van der Waals surface area contributed by atoms with Crippen LogP contribution in [0, 0.1) is 0 Å². The standard InChI is InChI=1S/C17H25N3O4/c1-12(21)15(17(23)19-24)18-16(22)14-7-5-13(6-8-14)11-20-9-3-2-4-10-20/h5-8,12,15,21,24H,2-4,9-11H2,1H3,(H,18,22)(H,19,23). The molecule has 2 amide bonds. The van der Waals surface area contributed by atoms with Gasteiger partial charge >= 0.3 is 0 Å². The van der Waals surface area contributed by atoms with Crippen LogP contribution in [0.25, 0.3) is 0 Å². The van der Waals surface area contributed by atoms with E-state index in [9.17, 15) is 14.7 Å². The van der Waals surface area contributed by atoms with E-state index in [4.69, 9.17) is 5.21 Å². The van der Waals surface area contributed by atoms with E-state index in [-0.39, 0.29) is 0 Å². The maximum absolute atomic E-state index is 12.2. The molecule has 1 aromatic rings. The Labute approximate surface area is 141 Å². The van der Waals surface area contributed by atoms with E-state index >= 15 is 0 Å². The molecule has 0 bridgehead atoms. The van der Waals surface area contributed by atoms with Crippen molar-refractivity contribution in [3.8, 4) is 0 Å². The molecule has 7 nitrogen and oxygen atoms in total. The molecule has 1 aliphatic heterocycles. The summed E-state index contributed by atoms with van der Waals surface area (Å²) in [5, 5.41) is 20.6. The van der Waals surface area contributed by atoms with Gasteiger partial charge in [-0.3, -0.25) is 19.7 Å². The third kappa shape index (κ3) is 5.02. The van der Waals surface area contributed by atoms with Crippen LogP contribution < -0.4 is 10.8 Å². The number of hydrogen-bond acceptors (Lipinski definition) is 5. The van der Waals surface area contributed by atoms with E-state index in [0.29, 0.717) is 5.56 Å². The van der Waals surface area contributed by atoms with Gasteiger partial charge in [0.1, 0.15) is 6.04 Å². The highest BCUT2D eigenvalue weighted by Gasteiger charge is 2.25. The summed E-state index contributed by atoms with van der Waals surface area (Å²) in [6.45, 7) is 4.44. The first kappa shape index (κ1) is 18.4. The molecule has 0 aromatic heterocycles. The van der Waals surface area contributed by atoms with Crippen LogP contribution in [0.1, 0.15) is 42.1 Å². The number of benzene rings is 1. The summed E-state index contributed by atoms with van der Waals surface area (Å²) in [6.07, 6.45) is 2.63. The number of amides is 2. The number of piperidine rings is 1. The quantitative estimate of drug-likeness (QED) is 0.452. The van der Waals surface area contributed by atoms with Gasteiger partial charge in [-0.1, -0.05) is 18.6 Å². The second kappa shape index (κ2) is 8.77. The average Bonchev–Trinajstić information content (AvgIpc) is 2.60. The lowest BCUT2D eigenvalue weighted by molar-refractivity contribution is -0.133. The number of hydrogen-bond donors (Lipinski definition) is 4. The zero-order chi connectivity index (χ0) is 17.5. The number of carbonyl (C=O) groups excluding carboxylic acids is 2. The molecule has 24 heavy (non-hydrogen) atoms. The highest BCUT2D eigenvalue weighted by atomic mass is 16.5. The highest BCUT2D eigenvalue weighted by Crippen LogP contribution is 2.13. The van der Waals surface area contributed by atoms with Crippen molar-refractivity contribution in [1.29, 1.82) is 0 Å². The van der Waals surface area contributed by atoms with Gasteiger partial charge in [-0.2, -0.15) is 0 Å². The number of likely N-dealkylation sites (tertiary alicyclic amines) is 1. The summed E-state index contributed by atoms with van der Waals surface area (Å²) in [5.41, 5.74) is 2.97. The van der Waals surface area contributed by atoms with E-state index in [1.54, 1.807) is 12.1 Å². The average molecular weight is 335 g/mol. The molecule has 2 atom stereocenters. The van der Waals surface area contributed by atoms with E-state index in [1.165, 1.54) is 31.7 Å². The Morgan fingerprint density at radius 3 is 2.33 bits per heavy atom. The number of carbonyl (C=O) groups is 2. The fourth-order valence-corrected chi connectivity index (χ4v) is 2.84. The SMILES string of the molecule is CC(O)C(NC(=O)c1ccc(CN2CCCCC2)cc1)C(=O)NO. The van der Waals surface area contributed by atoms with E-state index < -0.39 is 24.0 Å². The molecule has 0 spiro atoms. The monoisotopic (exact) mass is 335 g/mol. The van der Waals surface area contributed by atoms with Crippen LogP contribution in [-0.2, 0) is 11.3 Å². The third-order valence-electron chi connectivity index (χ3n) is 4.23. The summed E-state index contributed by atoms with van der Waals surface area (Å²) >= 11 is 0. The third-order valence-corrected chi connectivity index (χ3v) is 4.23. The maximum Gasteiger partial charge on any atom is 0.268 e. The summed E-state index contributed by atoms with van der Waals surface area (Å²) in [4.78, 5) is 26.0. The zero-order valence-electron chi connectivity index (χ0n) is 13.9. The topological polar surface area (TPSA) is 102 Å². The van der Waals surface area contributed by atoms with Gasteiger partial charge in [0, 0.05) is 12.1 Å². The van der Waals surface area contributed by atoms with Crippen molar-refractivity contribution >= 4 is 11.8 Å². The van der Waals surface area contributed by atoms with Crippen LogP contribution in [0.15, 0.2) is 24.3 Å². The van der Waals surface area contributed by atoms with Gasteiger partial charge in [0.15, 0.2) is 0 Å². The van der Waals surface area contributed by atoms with Crippen LogP contribution in [0.5, 0.6) is 0 Å². The lowest BCUT2D eigenvalue weighted by atomic mass is 10.1. The number of rotatable bonds is 6. The molecule has 0 saturated carbocycles. The molecule has 2 rings (SSSR count). The molecule has 0 aliphatic carbocycles. The molecule has 1 saturated heterocycles. The molecule has 1 aliphatic rings. The minimum absolute atomic E-state index is 0.397. The van der Waals surface area contributed by atoms with Gasteiger partial charge in [0.25, 0.3) is 11.8 Å². The van der Waals surface area contributed by atoms with Gasteiger partial charge in [0.2, 0.25) is 0 Å². The number of nitrogens with zero attached hydrogens (tertiary/aromatic N) is 1. The van der Waals surface area contributed by atoms with Gasteiger partial charge < -0.3 is 10.4 Å². The lowest BCUT2D eigenvalue weighted by Crippen LogP contribution is -2.51. The maximum atomic E-state index is 12.2. The Morgan fingerprint density at radius 1 is 1.17 bits per heavy atom. The molecule has 7 heteroatoms. The summed E-state index contributed by atoms with van der Waals surface area (Å²) in [5.74, 6) is -1.34. The van der Waals surface area contributed by atoms with Gasteiger partial charge in [0.05, 0.1) is 6.10 Å². The van der Waals surface area contributed by atoms with Crippen molar-refractivity contribution < 1.29 is 19.9 Å². The van der Waals surface area contributed by atoms with Crippen molar-refractivity contribution in [3.05, 3.63) is 35.4 Å². The number of nitrogens with one attached hydrogen (secondary N) is 2. The molecule has 1 fully saturated rings. The van der Waals surface area contributed by atoms with Crippen LogP contribution in [-0.4, -0.2) is 52.3 Å². The second-order valence-corrected chi connectivity index (χ2v) is 6.20. The minimum atomic E-state index is -1.21. The second-order valence-electron chi connectivity index (χ2n) is 6.20. The van der Waals surface area contributed by atoms with Crippen molar-refractivity contribution in [2.24, 2.45) is 0 Å². The first-order valence-corrected chi connectivity index (χ1v) is 8.25. The fourth-order valence-electron chi connectivity index (χ4n) is 2.84. The van der Waals surface area contributed by atoms with Crippen molar-refractivity contribution in [1.82, 2.24) is 15.7 Å². The number of hydroxylamine groups is 1. The molecule has 0 radical (unpaired) electrons. The summed E-state index contributed by atoms with van der Waals surface area (Å²) in [6, 6.07) is 5.98. The molecule has 1 aromatic carbocycles. The van der Waals surface area contributed by atoms with Crippen LogP contribution in [0.2, 0.25) is 0 Å². The van der Waals surface area contributed by atoms with Crippen LogP contribution >= 0.6 is 0 Å². The Balaban J connectivity index is 1.96. The number of aliphatic hydroxyl groups excluding tert-OH is 1. The van der Waals surface area contributed by atoms with Crippen LogP contribution in [0.3, 0.4) is 0 Å². The lowest BCUT2D eigenvalue weighted by Gasteiger charge is -2.26. The molecule has 1 heterocycles. The summed E-state index contributed by atoms with van der Waals surface area (Å²) in [7, 11) is 0. The molecule has 132 valence electrons. The molecular formula is C17H25N3O4. The predicted octanol–water partition coefficient (Wildman–Crippen LogP) is 0.657. The van der Waals surface area contributed by atoms with Crippen molar-refractivity contribution in [3.63, 3.8) is 0 Å². The van der Waals surface area contributed by atoms with Crippen molar-refractivity contribution in [2.45, 2.75) is 44.9 Å². The van der Waals surface area contributed by atoms with Crippen LogP contribution in [0.4, 0.5) is 0 Å². The molecular weight excluding hydrogens is 310 g/mol. The number of aliphatic hydroxyl groups is 1. The van der Waals surface area contributed by atoms with E-state index in [0.717, 1.165) is 25.2 Å². The first-order chi connectivity index (χ1) is 11.5. The molecule has 2 unspecified atom stereocenters. The summed E-state index contributed by atoms with van der Waals surface area (Å²) < 4.78 is 0. The molecule has 4 N–H and O–H groups in total. The smallest absolute Gasteiger partial charge is 0.268 e. The van der Waals surface area contributed by atoms with E-state index in [1.807, 2.05) is 12.1 Å². The largest absolute Gasteiger partial charge is 0.391 e. The Bertz CT molecular complexity index is 553. The Hall–Kier alpha value is -1.96. The zero-order valence-corrected chi connectivity index (χ0v) is 13.9. The first-order valence-electron chi connectivity index (χ1n) is 8.25. The highest BCUT2D eigenvalue weighted by molar-refractivity contribution is 5.97. The normalized spacial score (nSPS) is 17.8. The Morgan fingerprint density at radius 2 is 1.79 bits per heavy atom. The fraction of sp³-hybridized carbons (Fsp3) is 0.529. The van der Waals surface area contributed by atoms with Gasteiger partial charge in [-0.05, 0) is 50.6 Å². The predicted molar refractivity (Wildman–Crippen MR) is 88.4 cm³/mol.